The molecule has 0 amide bonds. The van der Waals surface area contributed by atoms with E-state index in [2.05, 4.69) is 31.2 Å². The first kappa shape index (κ1) is 18.4. The van der Waals surface area contributed by atoms with Crippen LogP contribution in [0.3, 0.4) is 0 Å². The number of rotatable bonds is 5. The van der Waals surface area contributed by atoms with Crippen molar-refractivity contribution >= 4 is 44.9 Å². The molecule has 8 heteroatoms. The summed E-state index contributed by atoms with van der Waals surface area (Å²) in [5, 5.41) is 3.23. The van der Waals surface area contributed by atoms with Gasteiger partial charge in [0.1, 0.15) is 12.0 Å². The fourth-order valence-corrected chi connectivity index (χ4v) is 3.43. The predicted octanol–water partition coefficient (Wildman–Crippen LogP) is 3.34. The molecular weight excluding hydrogens is 398 g/mol. The molecule has 3 N–H and O–H groups in total. The number of hydrogen-bond donors (Lipinski definition) is 2. The number of hydrogen-bond acceptors (Lipinski definition) is 7. The first-order valence-corrected chi connectivity index (χ1v) is 9.43. The molecule has 3 rings (SSSR count). The first-order chi connectivity index (χ1) is 12.6. The van der Waals surface area contributed by atoms with E-state index in [9.17, 15) is 4.79 Å². The van der Waals surface area contributed by atoms with Crippen molar-refractivity contribution < 1.29 is 9.53 Å². The largest absolute Gasteiger partial charge is 0.466 e. The third-order valence-corrected chi connectivity index (χ3v) is 5.02. The van der Waals surface area contributed by atoms with Gasteiger partial charge in [0.25, 0.3) is 0 Å². The number of carbonyl (C=O) groups excluding carboxylic acids is 1. The number of esters is 1. The number of nitrogens with one attached hydrogen (secondary N) is 1. The second kappa shape index (κ2) is 8.35. The van der Waals surface area contributed by atoms with Crippen LogP contribution in [0.1, 0.15) is 19.8 Å². The summed E-state index contributed by atoms with van der Waals surface area (Å²) in [5.41, 5.74) is 7.66. The van der Waals surface area contributed by atoms with Gasteiger partial charge in [-0.25, -0.2) is 9.97 Å². The van der Waals surface area contributed by atoms with Gasteiger partial charge in [-0.2, -0.15) is 0 Å². The van der Waals surface area contributed by atoms with Crippen molar-refractivity contribution in [1.29, 1.82) is 0 Å². The number of nitrogens with two attached hydrogens (primary N) is 1. The number of nitrogen functional groups attached to an aromatic ring is 1. The standard InChI is InChI=1S/C18H22BrN5O2/c1-2-26-18(25)12-6-5-9-24(10-12)17-15(20)16(21-11-22-17)23-14-8-4-3-7-13(14)19/h3-4,7-8,11-12H,2,5-6,9-10,20H2,1H3,(H,21,22,23). The van der Waals surface area contributed by atoms with Crippen molar-refractivity contribution in [2.75, 3.05) is 35.6 Å². The molecular formula is C18H22BrN5O2. The Balaban J connectivity index is 1.80. The molecule has 2 aromatic rings. The van der Waals surface area contributed by atoms with Gasteiger partial charge in [0.05, 0.1) is 18.2 Å². The Kier molecular flexibility index (Phi) is 5.92. The maximum atomic E-state index is 12.1. The lowest BCUT2D eigenvalue weighted by Crippen LogP contribution is -2.40. The Morgan fingerprint density at radius 1 is 1.42 bits per heavy atom. The Morgan fingerprint density at radius 2 is 2.23 bits per heavy atom. The van der Waals surface area contributed by atoms with Gasteiger partial charge in [-0.15, -0.1) is 0 Å². The summed E-state index contributed by atoms with van der Waals surface area (Å²) in [6, 6.07) is 7.74. The van der Waals surface area contributed by atoms with Crippen LogP contribution in [0, 0.1) is 5.92 Å². The Morgan fingerprint density at radius 3 is 3.00 bits per heavy atom. The highest BCUT2D eigenvalue weighted by molar-refractivity contribution is 9.10. The zero-order chi connectivity index (χ0) is 18.5. The molecule has 1 saturated heterocycles. The van der Waals surface area contributed by atoms with Crippen LogP contribution in [0.2, 0.25) is 0 Å². The van der Waals surface area contributed by atoms with Crippen LogP contribution in [-0.2, 0) is 9.53 Å². The summed E-state index contributed by atoms with van der Waals surface area (Å²) in [6.07, 6.45) is 3.20. The highest BCUT2D eigenvalue weighted by Gasteiger charge is 2.29. The summed E-state index contributed by atoms with van der Waals surface area (Å²) in [7, 11) is 0. The van der Waals surface area contributed by atoms with Crippen molar-refractivity contribution in [2.45, 2.75) is 19.8 Å². The number of anilines is 4. The number of piperidine rings is 1. The second-order valence-corrected chi connectivity index (χ2v) is 6.96. The molecule has 1 fully saturated rings. The topological polar surface area (TPSA) is 93.4 Å². The number of carbonyl (C=O) groups is 1. The Hall–Kier alpha value is -2.35. The molecule has 0 radical (unpaired) electrons. The minimum atomic E-state index is -0.156. The Labute approximate surface area is 161 Å². The van der Waals surface area contributed by atoms with E-state index in [0.29, 0.717) is 30.5 Å². The molecule has 1 atom stereocenters. The van der Waals surface area contributed by atoms with Crippen molar-refractivity contribution in [3.63, 3.8) is 0 Å². The van der Waals surface area contributed by atoms with Crippen LogP contribution in [-0.4, -0.2) is 35.6 Å². The van der Waals surface area contributed by atoms with Gasteiger partial charge in [-0.1, -0.05) is 12.1 Å². The van der Waals surface area contributed by atoms with Gasteiger partial charge in [0, 0.05) is 17.6 Å². The molecule has 138 valence electrons. The molecule has 1 aliphatic rings. The molecule has 0 aliphatic carbocycles. The zero-order valence-electron chi connectivity index (χ0n) is 14.6. The Bertz CT molecular complexity index is 786. The molecule has 1 aromatic carbocycles. The van der Waals surface area contributed by atoms with Gasteiger partial charge < -0.3 is 20.7 Å². The van der Waals surface area contributed by atoms with Crippen molar-refractivity contribution in [3.05, 3.63) is 35.1 Å². The average molecular weight is 420 g/mol. The van der Waals surface area contributed by atoms with E-state index < -0.39 is 0 Å². The van der Waals surface area contributed by atoms with Crippen LogP contribution in [0.5, 0.6) is 0 Å². The van der Waals surface area contributed by atoms with E-state index in [1.807, 2.05) is 36.1 Å². The quantitative estimate of drug-likeness (QED) is 0.717. The monoisotopic (exact) mass is 419 g/mol. The highest BCUT2D eigenvalue weighted by atomic mass is 79.9. The number of ether oxygens (including phenoxy) is 1. The van der Waals surface area contributed by atoms with Gasteiger partial charge in [0.2, 0.25) is 0 Å². The molecule has 1 aliphatic heterocycles. The lowest BCUT2D eigenvalue weighted by Gasteiger charge is -2.33. The van der Waals surface area contributed by atoms with E-state index in [4.69, 9.17) is 10.5 Å². The lowest BCUT2D eigenvalue weighted by molar-refractivity contribution is -0.148. The SMILES string of the molecule is CCOC(=O)C1CCCN(c2ncnc(Nc3ccccc3Br)c2N)C1. The molecule has 0 bridgehead atoms. The van der Waals surface area contributed by atoms with Crippen molar-refractivity contribution in [2.24, 2.45) is 5.92 Å². The predicted molar refractivity (Wildman–Crippen MR) is 105 cm³/mol. The van der Waals surface area contributed by atoms with Crippen LogP contribution in [0.15, 0.2) is 35.1 Å². The van der Waals surface area contributed by atoms with E-state index in [0.717, 1.165) is 29.5 Å². The van der Waals surface area contributed by atoms with E-state index >= 15 is 0 Å². The molecule has 1 unspecified atom stereocenters. The normalized spacial score (nSPS) is 17.0. The van der Waals surface area contributed by atoms with Crippen LogP contribution < -0.4 is 16.0 Å². The van der Waals surface area contributed by atoms with E-state index in [1.54, 1.807) is 0 Å². The minimum Gasteiger partial charge on any atom is -0.466 e. The first-order valence-electron chi connectivity index (χ1n) is 8.63. The summed E-state index contributed by atoms with van der Waals surface area (Å²) < 4.78 is 6.08. The number of benzene rings is 1. The molecule has 1 aromatic heterocycles. The maximum absolute atomic E-state index is 12.1. The summed E-state index contributed by atoms with van der Waals surface area (Å²) in [4.78, 5) is 22.7. The van der Waals surface area contributed by atoms with Gasteiger partial charge in [-0.05, 0) is 47.8 Å². The fourth-order valence-electron chi connectivity index (χ4n) is 3.05. The lowest BCUT2D eigenvalue weighted by atomic mass is 9.98. The smallest absolute Gasteiger partial charge is 0.310 e. The average Bonchev–Trinajstić information content (AvgIpc) is 2.65. The van der Waals surface area contributed by atoms with E-state index in [1.165, 1.54) is 6.33 Å². The minimum absolute atomic E-state index is 0.155. The van der Waals surface area contributed by atoms with E-state index in [-0.39, 0.29) is 11.9 Å². The third-order valence-electron chi connectivity index (χ3n) is 4.33. The highest BCUT2D eigenvalue weighted by Crippen LogP contribution is 2.33. The van der Waals surface area contributed by atoms with Gasteiger partial charge in [0.15, 0.2) is 11.6 Å². The maximum Gasteiger partial charge on any atom is 0.310 e. The van der Waals surface area contributed by atoms with Crippen LogP contribution in [0.4, 0.5) is 23.0 Å². The third kappa shape index (κ3) is 4.07. The van der Waals surface area contributed by atoms with Gasteiger partial charge >= 0.3 is 5.97 Å². The van der Waals surface area contributed by atoms with Crippen molar-refractivity contribution in [1.82, 2.24) is 9.97 Å². The summed E-state index contributed by atoms with van der Waals surface area (Å²) in [6.45, 7) is 3.56. The number of aromatic nitrogens is 2. The van der Waals surface area contributed by atoms with Gasteiger partial charge in [-0.3, -0.25) is 4.79 Å². The van der Waals surface area contributed by atoms with Crippen molar-refractivity contribution in [3.8, 4) is 0 Å². The second-order valence-electron chi connectivity index (χ2n) is 6.10. The molecule has 0 spiro atoms. The molecule has 26 heavy (non-hydrogen) atoms. The van der Waals surface area contributed by atoms with Crippen LogP contribution >= 0.6 is 15.9 Å². The molecule has 0 saturated carbocycles. The number of nitrogens with zero attached hydrogens (tertiary/aromatic N) is 3. The molecule has 7 nitrogen and oxygen atoms in total. The fraction of sp³-hybridized carbons (Fsp3) is 0.389. The molecule has 2 heterocycles. The number of halogens is 1. The number of para-hydroxylation sites is 1. The zero-order valence-corrected chi connectivity index (χ0v) is 16.2. The summed E-state index contributed by atoms with van der Waals surface area (Å²) in [5.74, 6) is 0.873. The summed E-state index contributed by atoms with van der Waals surface area (Å²) >= 11 is 3.50. The van der Waals surface area contributed by atoms with Crippen LogP contribution in [0.25, 0.3) is 0 Å².